The summed E-state index contributed by atoms with van der Waals surface area (Å²) in [5.41, 5.74) is 7.59. The number of aromatic hydroxyl groups is 3. The highest BCUT2D eigenvalue weighted by Gasteiger charge is 2.21. The number of amides is 2. The zero-order valence-electron chi connectivity index (χ0n) is 69.2. The number of phenols is 3. The zero-order chi connectivity index (χ0) is 88.8. The quantitative estimate of drug-likeness (QED) is 0.0118. The van der Waals surface area contributed by atoms with Gasteiger partial charge in [-0.2, -0.15) is 27.4 Å². The van der Waals surface area contributed by atoms with Crippen molar-refractivity contribution in [3.05, 3.63) is 215 Å². The number of halogens is 2. The Morgan fingerprint density at radius 3 is 1.23 bits per heavy atom. The lowest BCUT2D eigenvalue weighted by atomic mass is 10.1. The van der Waals surface area contributed by atoms with E-state index in [9.17, 15) is 66.2 Å². The van der Waals surface area contributed by atoms with Gasteiger partial charge in [0.15, 0.2) is 22.3 Å². The maximum Gasteiger partial charge on any atom is 0.407 e. The van der Waals surface area contributed by atoms with Crippen molar-refractivity contribution in [2.45, 2.75) is 163 Å². The molecule has 0 radical (unpaired) electrons. The Labute approximate surface area is 690 Å². The molecule has 0 bridgehead atoms. The number of aromatic carboxylic acids is 1. The highest BCUT2D eigenvalue weighted by molar-refractivity contribution is 7.85. The SMILES string of the molecule is CCCCN(O)C(=O)c1ccc(OC)cc1O.CCCCn1oc2cc(O)ccc2c1=O.CCCCn1oc2cc(OC)ccc2c1=O.CCCCn1oc2cc(OC/C(=C/F)CN)ccc2c1=O.CCCCn1oc2cc(OC/C(=C/F)CNC(=O)OC(C)(C)C)ccc2c1=O.COc1ccc(C(=O)O)c(O)c1.Cc1ccc(S(=O)(=O)O)cc1. The minimum absolute atomic E-state index is 0.0455. The summed E-state index contributed by atoms with van der Waals surface area (Å²) in [5, 5.41) is 51.2. The van der Waals surface area contributed by atoms with Crippen LogP contribution in [0.5, 0.6) is 46.0 Å². The summed E-state index contributed by atoms with van der Waals surface area (Å²) in [5.74, 6) is 0.366. The Balaban J connectivity index is 0.000000254. The minimum Gasteiger partial charge on any atom is -0.508 e. The van der Waals surface area contributed by atoms with Crippen LogP contribution in [0.4, 0.5) is 13.6 Å². The van der Waals surface area contributed by atoms with Gasteiger partial charge in [0.1, 0.15) is 70.4 Å². The van der Waals surface area contributed by atoms with Crippen LogP contribution in [0, 0.1) is 6.92 Å². The van der Waals surface area contributed by atoms with Crippen LogP contribution in [0.2, 0.25) is 0 Å². The standard InChI is InChI=1S/C20H27FN2O5.C15H19FN2O3.C12H17NO4.C12H15NO3.C11H13NO3.C8H8O4.C7H8O3S/c1-5-6-9-23-18(24)16-8-7-15(10-17(16)28-23)26-13-14(11-21)12-22-19(25)27-20(2,3)4;1-2-3-6-18-15(19)13-5-4-12(7-14(13)21-18)20-10-11(8-16)9-17;1-3-4-7-13(16)12(15)10-6-5-9(17-2)8-11(10)14;1-3-4-7-13-12(14)10-6-5-9(15-2)8-11(10)16-13;1-2-3-6-12-11(14)9-5-4-8(13)7-10(9)15-12;1-12-5-2-3-6(8(10)11)7(9)4-5;1-6-2-4-7(5-3-6)11(8,9)10/h7-8,10-11H,5-6,9,12-13H2,1-4H3,(H,22,25);4-5,7-8H,2-3,6,9-10,17H2,1H3;5-6,8,14,16H,3-4,7H2,1-2H3;5-6,8H,3-4,7H2,1-2H3;4-5,7,13H,2-3,6H2,1H3;2-4,9H,1H3,(H,10,11);2-5H,1H3,(H,8,9,10)/b14-11+;11-8+;;;;;. The fourth-order valence-electron chi connectivity index (χ4n) is 10.3. The molecule has 0 saturated carbocycles. The van der Waals surface area contributed by atoms with E-state index in [-0.39, 0.29) is 93.9 Å². The van der Waals surface area contributed by atoms with Gasteiger partial charge < -0.3 is 78.0 Å². The molecule has 4 heterocycles. The Bertz CT molecular complexity index is 5550. The monoisotopic (exact) mass is 1700 g/mol. The molecular formula is C85H107F2N7O25S. The number of nitrogens with zero attached hydrogens (tertiary/aromatic N) is 5. The van der Waals surface area contributed by atoms with Gasteiger partial charge >= 0.3 is 12.1 Å². The largest absolute Gasteiger partial charge is 0.508 e. The lowest BCUT2D eigenvalue weighted by Gasteiger charge is -2.20. The number of carbonyl (C=O) groups is 3. The first-order valence-electron chi connectivity index (χ1n) is 38.4. The molecule has 9 N–H and O–H groups in total. The number of benzene rings is 7. The van der Waals surface area contributed by atoms with Crippen molar-refractivity contribution in [2.75, 3.05) is 54.2 Å². The number of fused-ring (bicyclic) bond motifs is 4. The first kappa shape index (κ1) is 98.0. The van der Waals surface area contributed by atoms with Crippen LogP contribution < -0.4 is 57.0 Å². The number of hydroxylamine groups is 2. The maximum absolute atomic E-state index is 13.1. The van der Waals surface area contributed by atoms with Crippen molar-refractivity contribution in [3.63, 3.8) is 0 Å². The smallest absolute Gasteiger partial charge is 0.407 e. The fraction of sp³-hybridized carbons (Fsp3) is 0.376. The lowest BCUT2D eigenvalue weighted by molar-refractivity contribution is -0.0588. The number of hydrogen-bond acceptors (Lipinski definition) is 24. The summed E-state index contributed by atoms with van der Waals surface area (Å²) < 4.78 is 113. The summed E-state index contributed by atoms with van der Waals surface area (Å²) in [6, 6.07) is 33.9. The van der Waals surface area contributed by atoms with Gasteiger partial charge in [-0.3, -0.25) is 33.7 Å². The molecule has 2 amide bonds. The molecule has 0 fully saturated rings. The van der Waals surface area contributed by atoms with Gasteiger partial charge in [-0.05, 0) is 145 Å². The van der Waals surface area contributed by atoms with Gasteiger partial charge in [0, 0.05) is 67.2 Å². The summed E-state index contributed by atoms with van der Waals surface area (Å²) >= 11 is 0. The number of unbranched alkanes of at least 4 members (excludes halogenated alkanes) is 5. The molecule has 0 aliphatic heterocycles. The number of ether oxygens (including phenoxy) is 6. The Morgan fingerprint density at radius 2 is 0.875 bits per heavy atom. The second-order valence-electron chi connectivity index (χ2n) is 27.6. The van der Waals surface area contributed by atoms with Gasteiger partial charge in [0.25, 0.3) is 38.3 Å². The molecular weight excluding hydrogens is 1590 g/mol. The first-order chi connectivity index (χ1) is 57.1. The molecule has 120 heavy (non-hydrogen) atoms. The molecule has 0 aliphatic rings. The van der Waals surface area contributed by atoms with Crippen LogP contribution in [-0.4, -0.2) is 140 Å². The number of carboxylic acid groups (broad SMARTS) is 1. The third-order valence-electron chi connectivity index (χ3n) is 17.0. The summed E-state index contributed by atoms with van der Waals surface area (Å²) in [7, 11) is 0.479. The fourth-order valence-corrected chi connectivity index (χ4v) is 10.8. The average Bonchev–Trinajstić information content (AvgIpc) is 1.67. The van der Waals surface area contributed by atoms with Crippen LogP contribution in [0.25, 0.3) is 43.9 Å². The van der Waals surface area contributed by atoms with E-state index in [1.807, 2.05) is 27.7 Å². The van der Waals surface area contributed by atoms with E-state index in [2.05, 4.69) is 19.2 Å². The number of phenolic OH excluding ortho intramolecular Hbond substituents is 2. The van der Waals surface area contributed by atoms with Crippen LogP contribution in [-0.2, 0) is 41.0 Å². The topological polar surface area (TPSA) is 444 Å². The van der Waals surface area contributed by atoms with Crippen LogP contribution in [0.3, 0.4) is 0 Å². The van der Waals surface area contributed by atoms with Crippen molar-refractivity contribution in [3.8, 4) is 46.0 Å². The molecule has 32 nitrogen and oxygen atoms in total. The molecule has 7 aromatic carbocycles. The van der Waals surface area contributed by atoms with Crippen molar-refractivity contribution in [2.24, 2.45) is 5.73 Å². The summed E-state index contributed by atoms with van der Waals surface area (Å²) in [6.45, 7) is 19.8. The molecule has 4 aromatic heterocycles. The third-order valence-corrected chi connectivity index (χ3v) is 17.9. The molecule has 0 spiro atoms. The van der Waals surface area contributed by atoms with E-state index < -0.39 is 33.7 Å². The van der Waals surface area contributed by atoms with Gasteiger partial charge in [0.2, 0.25) is 0 Å². The summed E-state index contributed by atoms with van der Waals surface area (Å²) in [6.07, 6.45) is 9.33. The second-order valence-corrected chi connectivity index (χ2v) is 29.0. The van der Waals surface area contributed by atoms with Crippen LogP contribution in [0.15, 0.2) is 199 Å². The Kier molecular flexibility index (Phi) is 40.0. The number of aromatic nitrogens is 4. The number of carbonyl (C=O) groups excluding carboxylic acids is 2. The zero-order valence-corrected chi connectivity index (χ0v) is 70.0. The van der Waals surface area contributed by atoms with Crippen molar-refractivity contribution >= 4 is 72.0 Å². The molecule has 652 valence electrons. The highest BCUT2D eigenvalue weighted by atomic mass is 32.2. The number of nitrogens with one attached hydrogen (secondary N) is 1. The third kappa shape index (κ3) is 30.7. The van der Waals surface area contributed by atoms with E-state index in [1.54, 1.807) is 107 Å². The predicted octanol–water partition coefficient (Wildman–Crippen LogP) is 15.6. The van der Waals surface area contributed by atoms with Gasteiger partial charge in [-0.15, -0.1) is 0 Å². The highest BCUT2D eigenvalue weighted by Crippen LogP contribution is 2.28. The maximum atomic E-state index is 13.1. The van der Waals surface area contributed by atoms with E-state index in [1.165, 1.54) is 87.8 Å². The van der Waals surface area contributed by atoms with Crippen LogP contribution in [0.1, 0.15) is 146 Å². The van der Waals surface area contributed by atoms with Gasteiger partial charge in [-0.1, -0.05) is 84.4 Å². The second kappa shape index (κ2) is 48.9. The molecule has 0 aliphatic carbocycles. The number of alkyl carbamates (subject to hydrolysis) is 1. The molecule has 11 rings (SSSR count). The molecule has 35 heteroatoms. The number of rotatable bonds is 30. The van der Waals surface area contributed by atoms with E-state index in [0.29, 0.717) is 129 Å². The molecule has 0 saturated heterocycles. The van der Waals surface area contributed by atoms with Crippen molar-refractivity contribution in [1.29, 1.82) is 0 Å². The lowest BCUT2D eigenvalue weighted by Crippen LogP contribution is -2.34. The molecule has 0 unspecified atom stereocenters. The van der Waals surface area contributed by atoms with Gasteiger partial charge in [0.05, 0.1) is 92.2 Å². The number of methoxy groups -OCH3 is 3. The number of aryl methyl sites for hydroxylation is 5. The van der Waals surface area contributed by atoms with E-state index >= 15 is 0 Å². The number of hydrogen-bond donors (Lipinski definition) is 8. The Hall–Kier alpha value is -12.6. The van der Waals surface area contributed by atoms with Crippen molar-refractivity contribution in [1.82, 2.24) is 29.3 Å². The van der Waals surface area contributed by atoms with Crippen molar-refractivity contribution < 1.29 is 108 Å². The minimum atomic E-state index is -4.02. The normalized spacial score (nSPS) is 11.2. The molecule has 11 aromatic rings. The molecule has 0 atom stereocenters. The number of nitrogens with two attached hydrogens (primary N) is 1. The van der Waals surface area contributed by atoms with Gasteiger partial charge in [-0.25, -0.2) is 23.4 Å². The Morgan fingerprint density at radius 1 is 0.517 bits per heavy atom. The van der Waals surface area contributed by atoms with E-state index in [4.69, 9.17) is 67.0 Å². The van der Waals surface area contributed by atoms with E-state index in [0.717, 1.165) is 63.4 Å². The first-order valence-corrected chi connectivity index (χ1v) is 39.9. The average molecular weight is 1700 g/mol. The summed E-state index contributed by atoms with van der Waals surface area (Å²) in [4.78, 5) is 81.6. The predicted molar refractivity (Wildman–Crippen MR) is 447 cm³/mol. The van der Waals surface area contributed by atoms with Crippen LogP contribution >= 0.6 is 0 Å². The number of carboxylic acids is 1.